The highest BCUT2D eigenvalue weighted by atomic mass is 19.1. The van der Waals surface area contributed by atoms with Crippen molar-refractivity contribution in [3.05, 3.63) is 52.6 Å². The maximum Gasteiger partial charge on any atom is 0.160 e. The number of Topliss-reactive ketones (excluding diaryl/α,β-unsaturated/α-hetero) is 1. The fraction of sp³-hybridized carbons (Fsp3) is 0.235. The second kappa shape index (κ2) is 6.44. The average molecular weight is 321 g/mol. The highest BCUT2D eigenvalue weighted by Gasteiger charge is 2.23. The third-order valence-corrected chi connectivity index (χ3v) is 3.71. The molecule has 23 heavy (non-hydrogen) atoms. The zero-order chi connectivity index (χ0) is 17.3. The molecule has 0 fully saturated rings. The predicted octanol–water partition coefficient (Wildman–Crippen LogP) is 4.21. The molecule has 122 valence electrons. The number of ketones is 1. The van der Waals surface area contributed by atoms with Crippen molar-refractivity contribution in [1.82, 2.24) is 0 Å². The Morgan fingerprint density at radius 3 is 2.17 bits per heavy atom. The highest BCUT2D eigenvalue weighted by molar-refractivity contribution is 6.04. The number of nitrogens with zero attached hydrogens (tertiary/aromatic N) is 1. The number of benzene rings is 2. The molecule has 0 amide bonds. The van der Waals surface area contributed by atoms with Crippen LogP contribution in [0.2, 0.25) is 0 Å². The normalized spacial score (nSPS) is 10.7. The van der Waals surface area contributed by atoms with Crippen LogP contribution in [0.25, 0.3) is 11.1 Å². The lowest BCUT2D eigenvalue weighted by atomic mass is 9.90. The maximum absolute atomic E-state index is 13.6. The zero-order valence-corrected chi connectivity index (χ0v) is 13.3. The van der Waals surface area contributed by atoms with Crippen LogP contribution in [0.15, 0.2) is 24.3 Å². The van der Waals surface area contributed by atoms with E-state index in [0.717, 1.165) is 23.8 Å². The minimum absolute atomic E-state index is 0.141. The second-order valence-corrected chi connectivity index (χ2v) is 5.26. The van der Waals surface area contributed by atoms with Crippen molar-refractivity contribution in [3.8, 4) is 11.1 Å². The van der Waals surface area contributed by atoms with Gasteiger partial charge in [0.1, 0.15) is 17.3 Å². The van der Waals surface area contributed by atoms with E-state index in [0.29, 0.717) is 10.8 Å². The average Bonchev–Trinajstić information content (AvgIpc) is 2.47. The van der Waals surface area contributed by atoms with E-state index in [9.17, 15) is 18.8 Å². The molecule has 0 bridgehead atoms. The Kier molecular flexibility index (Phi) is 4.77. The molecule has 2 rings (SSSR count). The molecular formula is C17H17F2NO3. The monoisotopic (exact) mass is 321 g/mol. The van der Waals surface area contributed by atoms with Gasteiger partial charge in [0.05, 0.1) is 7.11 Å². The topological polar surface area (TPSA) is 49.8 Å². The Morgan fingerprint density at radius 1 is 1.13 bits per heavy atom. The molecule has 0 aliphatic rings. The van der Waals surface area contributed by atoms with E-state index >= 15 is 0 Å². The first kappa shape index (κ1) is 17.1. The molecule has 0 spiro atoms. The van der Waals surface area contributed by atoms with Crippen LogP contribution >= 0.6 is 0 Å². The first-order chi connectivity index (χ1) is 10.8. The lowest BCUT2D eigenvalue weighted by molar-refractivity contribution is -0.0110. The Bertz CT molecular complexity index is 755. The van der Waals surface area contributed by atoms with Gasteiger partial charge in [-0.25, -0.2) is 8.78 Å². The van der Waals surface area contributed by atoms with E-state index in [1.54, 1.807) is 19.9 Å². The molecule has 0 aliphatic carbocycles. The number of carbonyl (C=O) groups excluding carboxylic acids is 1. The Morgan fingerprint density at radius 2 is 1.70 bits per heavy atom. The molecular weight excluding hydrogens is 304 g/mol. The summed E-state index contributed by atoms with van der Waals surface area (Å²) in [6, 6.07) is 4.58. The van der Waals surface area contributed by atoms with Gasteiger partial charge in [-0.15, -0.1) is 5.23 Å². The molecule has 2 aromatic carbocycles. The molecule has 0 unspecified atom stereocenters. The van der Waals surface area contributed by atoms with Gasteiger partial charge in [0.25, 0.3) is 0 Å². The number of carbonyl (C=O) groups is 1. The van der Waals surface area contributed by atoms with Crippen molar-refractivity contribution in [2.45, 2.75) is 20.8 Å². The fourth-order valence-electron chi connectivity index (χ4n) is 2.50. The summed E-state index contributed by atoms with van der Waals surface area (Å²) in [5.74, 6) is -1.85. The number of aryl methyl sites for hydroxylation is 1. The third-order valence-electron chi connectivity index (χ3n) is 3.71. The highest BCUT2D eigenvalue weighted by Crippen LogP contribution is 2.39. The summed E-state index contributed by atoms with van der Waals surface area (Å²) in [5.41, 5.74) is 2.12. The van der Waals surface area contributed by atoms with E-state index in [4.69, 9.17) is 4.84 Å². The van der Waals surface area contributed by atoms with Crippen molar-refractivity contribution in [2.75, 3.05) is 12.3 Å². The number of rotatable bonds is 4. The predicted molar refractivity (Wildman–Crippen MR) is 82.5 cm³/mol. The van der Waals surface area contributed by atoms with Gasteiger partial charge in [-0.2, -0.15) is 0 Å². The van der Waals surface area contributed by atoms with E-state index in [1.165, 1.54) is 14.0 Å². The third kappa shape index (κ3) is 3.23. The van der Waals surface area contributed by atoms with E-state index in [1.807, 2.05) is 0 Å². The summed E-state index contributed by atoms with van der Waals surface area (Å²) in [7, 11) is 1.24. The second-order valence-electron chi connectivity index (χ2n) is 5.26. The minimum atomic E-state index is -0.777. The molecule has 0 aromatic heterocycles. The molecule has 2 aromatic rings. The summed E-state index contributed by atoms with van der Waals surface area (Å²) in [6.07, 6.45) is 0. The largest absolute Gasteiger partial charge is 0.294 e. The number of halogens is 2. The van der Waals surface area contributed by atoms with Gasteiger partial charge in [-0.1, -0.05) is 0 Å². The number of hydrogen-bond acceptors (Lipinski definition) is 4. The molecule has 0 heterocycles. The lowest BCUT2D eigenvalue weighted by Gasteiger charge is -2.23. The summed E-state index contributed by atoms with van der Waals surface area (Å²) >= 11 is 0. The Labute approximate surface area is 132 Å². The zero-order valence-electron chi connectivity index (χ0n) is 13.3. The molecule has 6 heteroatoms. The standard InChI is InChI=1S/C17H17F2NO3/c1-9-5-15(11(3)21)16(17(10(9)2)20(22)23-4)12-6-13(18)8-14(19)7-12/h5-8,22H,1-4H3. The molecule has 1 N–H and O–H groups in total. The van der Waals surface area contributed by atoms with E-state index in [-0.39, 0.29) is 28.2 Å². The van der Waals surface area contributed by atoms with Crippen LogP contribution in [0.5, 0.6) is 0 Å². The first-order valence-electron chi connectivity index (χ1n) is 6.91. The number of anilines is 1. The fourth-order valence-corrected chi connectivity index (χ4v) is 2.50. The van der Waals surface area contributed by atoms with Crippen LogP contribution in [-0.4, -0.2) is 18.1 Å². The van der Waals surface area contributed by atoms with Crippen molar-refractivity contribution in [1.29, 1.82) is 0 Å². The molecule has 0 saturated heterocycles. The minimum Gasteiger partial charge on any atom is -0.294 e. The summed E-state index contributed by atoms with van der Waals surface area (Å²) in [5, 5.41) is 10.5. The van der Waals surface area contributed by atoms with Gasteiger partial charge in [-0.05, 0) is 55.7 Å². The summed E-state index contributed by atoms with van der Waals surface area (Å²) in [4.78, 5) is 16.8. The number of hydrogen-bond donors (Lipinski definition) is 1. The van der Waals surface area contributed by atoms with Crippen LogP contribution in [0.1, 0.15) is 28.4 Å². The molecule has 0 radical (unpaired) electrons. The Hall–Kier alpha value is -2.31. The van der Waals surface area contributed by atoms with Crippen LogP contribution < -0.4 is 5.23 Å². The summed E-state index contributed by atoms with van der Waals surface area (Å²) in [6.45, 7) is 4.84. The van der Waals surface area contributed by atoms with Crippen LogP contribution in [0, 0.1) is 25.5 Å². The van der Waals surface area contributed by atoms with Gasteiger partial charge >= 0.3 is 0 Å². The van der Waals surface area contributed by atoms with Crippen molar-refractivity contribution in [3.63, 3.8) is 0 Å². The van der Waals surface area contributed by atoms with E-state index in [2.05, 4.69) is 0 Å². The van der Waals surface area contributed by atoms with Gasteiger partial charge < -0.3 is 0 Å². The summed E-state index contributed by atoms with van der Waals surface area (Å²) < 4.78 is 27.2. The van der Waals surface area contributed by atoms with Gasteiger partial charge in [0, 0.05) is 17.2 Å². The van der Waals surface area contributed by atoms with Crippen LogP contribution in [0.4, 0.5) is 14.5 Å². The van der Waals surface area contributed by atoms with Crippen molar-refractivity contribution >= 4 is 11.5 Å². The smallest absolute Gasteiger partial charge is 0.160 e. The maximum atomic E-state index is 13.6. The van der Waals surface area contributed by atoms with Crippen LogP contribution in [0.3, 0.4) is 0 Å². The Balaban J connectivity index is 2.93. The van der Waals surface area contributed by atoms with Crippen molar-refractivity contribution in [2.24, 2.45) is 0 Å². The molecule has 0 atom stereocenters. The molecule has 0 aliphatic heterocycles. The molecule has 0 saturated carbocycles. The lowest BCUT2D eigenvalue weighted by Crippen LogP contribution is -2.20. The van der Waals surface area contributed by atoms with Crippen molar-refractivity contribution < 1.29 is 23.6 Å². The molecule has 4 nitrogen and oxygen atoms in total. The van der Waals surface area contributed by atoms with Gasteiger partial charge in [-0.3, -0.25) is 14.8 Å². The quantitative estimate of drug-likeness (QED) is 0.677. The van der Waals surface area contributed by atoms with Gasteiger partial charge in [0.2, 0.25) is 0 Å². The van der Waals surface area contributed by atoms with E-state index < -0.39 is 11.6 Å². The first-order valence-corrected chi connectivity index (χ1v) is 6.91. The van der Waals surface area contributed by atoms with Crippen LogP contribution in [-0.2, 0) is 4.84 Å². The van der Waals surface area contributed by atoms with Gasteiger partial charge in [0.15, 0.2) is 5.78 Å². The SMILES string of the molecule is CON(O)c1c(C)c(C)cc(C(C)=O)c1-c1cc(F)cc(F)c1.